The van der Waals surface area contributed by atoms with E-state index in [1.54, 1.807) is 24.5 Å². The van der Waals surface area contributed by atoms with Crippen molar-refractivity contribution in [2.45, 2.75) is 5.92 Å². The van der Waals surface area contributed by atoms with Gasteiger partial charge in [-0.15, -0.1) is 0 Å². The summed E-state index contributed by atoms with van der Waals surface area (Å²) in [5.41, 5.74) is 7.99. The average molecular weight is 412 g/mol. The van der Waals surface area contributed by atoms with Crippen molar-refractivity contribution in [2.24, 2.45) is 5.73 Å². The van der Waals surface area contributed by atoms with Crippen LogP contribution in [0.1, 0.15) is 17.0 Å². The van der Waals surface area contributed by atoms with E-state index in [1.807, 2.05) is 18.2 Å². The van der Waals surface area contributed by atoms with Gasteiger partial charge in [0.1, 0.15) is 29.4 Å². The highest BCUT2D eigenvalue weighted by Gasteiger charge is 2.35. The summed E-state index contributed by atoms with van der Waals surface area (Å²) >= 11 is 0. The summed E-state index contributed by atoms with van der Waals surface area (Å²) in [5, 5.41) is 9.98. The van der Waals surface area contributed by atoms with Crippen molar-refractivity contribution in [3.63, 3.8) is 0 Å². The summed E-state index contributed by atoms with van der Waals surface area (Å²) in [7, 11) is 0. The van der Waals surface area contributed by atoms with Gasteiger partial charge in [0.25, 0.3) is 0 Å². The van der Waals surface area contributed by atoms with Gasteiger partial charge in [0.15, 0.2) is 5.75 Å². The zero-order chi connectivity index (χ0) is 21.5. The zero-order valence-electron chi connectivity index (χ0n) is 15.9. The molecule has 0 saturated carbocycles. The van der Waals surface area contributed by atoms with Crippen LogP contribution in [0.3, 0.4) is 0 Å². The topological polar surface area (TPSA) is 115 Å². The van der Waals surface area contributed by atoms with Crippen LogP contribution in [0.4, 0.5) is 4.39 Å². The van der Waals surface area contributed by atoms with Crippen LogP contribution < -0.4 is 16.1 Å². The number of benzene rings is 2. The number of nitrogens with two attached hydrogens (primary N) is 1. The Morgan fingerprint density at radius 3 is 2.52 bits per heavy atom. The van der Waals surface area contributed by atoms with Gasteiger partial charge < -0.3 is 14.9 Å². The molecule has 0 fully saturated rings. The number of aromatic nitrogens is 2. The van der Waals surface area contributed by atoms with Crippen molar-refractivity contribution in [3.05, 3.63) is 100 Å². The van der Waals surface area contributed by atoms with E-state index < -0.39 is 17.4 Å². The van der Waals surface area contributed by atoms with Crippen LogP contribution in [0, 0.1) is 17.1 Å². The third kappa shape index (κ3) is 3.00. The lowest BCUT2D eigenvalue weighted by molar-refractivity contribution is 0.388. The monoisotopic (exact) mass is 412 g/mol. The van der Waals surface area contributed by atoms with Crippen molar-refractivity contribution < 1.29 is 13.5 Å². The second-order valence-corrected chi connectivity index (χ2v) is 6.95. The predicted octanol–water partition coefficient (Wildman–Crippen LogP) is 3.61. The van der Waals surface area contributed by atoms with Crippen molar-refractivity contribution in [1.29, 1.82) is 5.26 Å². The van der Waals surface area contributed by atoms with Crippen LogP contribution in [0.2, 0.25) is 0 Å². The van der Waals surface area contributed by atoms with Crippen molar-refractivity contribution in [2.75, 3.05) is 0 Å². The van der Waals surface area contributed by atoms with Gasteiger partial charge in [0.2, 0.25) is 5.88 Å². The summed E-state index contributed by atoms with van der Waals surface area (Å²) in [6.45, 7) is 0. The number of fused-ring (bicyclic) bond motifs is 3. The number of hydrogen-bond acceptors (Lipinski definition) is 7. The molecule has 2 N–H and O–H groups in total. The van der Waals surface area contributed by atoms with E-state index in [2.05, 4.69) is 9.97 Å². The normalized spacial score (nSPS) is 15.3. The number of halogens is 1. The molecule has 0 radical (unpaired) electrons. The molecule has 31 heavy (non-hydrogen) atoms. The van der Waals surface area contributed by atoms with Gasteiger partial charge in [0.05, 0.1) is 16.9 Å². The molecule has 5 rings (SSSR count). The molecule has 4 aromatic rings. The fraction of sp³-hybridized carbons (Fsp3) is 0.0435. The van der Waals surface area contributed by atoms with Crippen LogP contribution in [-0.4, -0.2) is 9.97 Å². The molecule has 3 heterocycles. The number of ether oxygens (including phenoxy) is 1. The molecule has 1 unspecified atom stereocenters. The van der Waals surface area contributed by atoms with Gasteiger partial charge >= 0.3 is 5.63 Å². The molecular formula is C23H13FN4O3. The van der Waals surface area contributed by atoms with E-state index in [-0.39, 0.29) is 33.7 Å². The first kappa shape index (κ1) is 18.5. The van der Waals surface area contributed by atoms with Crippen LogP contribution in [-0.2, 0) is 0 Å². The molecule has 150 valence electrons. The van der Waals surface area contributed by atoms with Crippen molar-refractivity contribution in [3.8, 4) is 22.9 Å². The first-order chi connectivity index (χ1) is 15.1. The van der Waals surface area contributed by atoms with Gasteiger partial charge in [-0.2, -0.15) is 5.26 Å². The van der Waals surface area contributed by atoms with E-state index in [9.17, 15) is 14.4 Å². The molecule has 2 aromatic carbocycles. The summed E-state index contributed by atoms with van der Waals surface area (Å²) in [6, 6.07) is 13.0. The molecule has 8 heteroatoms. The SMILES string of the molecule is N#CC1=C(N)Oc2c(c(=O)oc3ccc(F)cc23)C1c1ccc(-c2cncnc2)cc1. The van der Waals surface area contributed by atoms with E-state index in [1.165, 1.54) is 24.5 Å². The Labute approximate surface area is 174 Å². The van der Waals surface area contributed by atoms with E-state index in [0.717, 1.165) is 11.1 Å². The minimum atomic E-state index is -0.821. The predicted molar refractivity (Wildman–Crippen MR) is 109 cm³/mol. The Morgan fingerprint density at radius 1 is 1.06 bits per heavy atom. The van der Waals surface area contributed by atoms with Crippen molar-refractivity contribution in [1.82, 2.24) is 9.97 Å². The molecule has 1 aliphatic rings. The van der Waals surface area contributed by atoms with Crippen LogP contribution in [0.5, 0.6) is 5.75 Å². The molecule has 7 nitrogen and oxygen atoms in total. The summed E-state index contributed by atoms with van der Waals surface area (Å²) in [6.07, 6.45) is 4.80. The minimum absolute atomic E-state index is 0.0753. The Bertz CT molecular complexity index is 1450. The lowest BCUT2D eigenvalue weighted by Gasteiger charge is -2.26. The standard InChI is InChI=1S/C23H13FN4O3/c24-15-5-6-18-16(7-15)21-20(23(29)30-18)19(17(8-25)22(26)31-21)13-3-1-12(2-4-13)14-9-27-11-28-10-14/h1-7,9-11,19H,26H2. The quantitative estimate of drug-likeness (QED) is 0.500. The lowest BCUT2D eigenvalue weighted by atomic mass is 9.83. The zero-order valence-corrected chi connectivity index (χ0v) is 15.9. The molecule has 1 aliphatic heterocycles. The Hall–Kier alpha value is -4.51. The van der Waals surface area contributed by atoms with E-state index >= 15 is 0 Å². The number of nitrogens with zero attached hydrogens (tertiary/aromatic N) is 3. The molecule has 0 saturated heterocycles. The molecular weight excluding hydrogens is 399 g/mol. The van der Waals surface area contributed by atoms with Gasteiger partial charge in [-0.1, -0.05) is 24.3 Å². The Balaban J connectivity index is 1.72. The number of hydrogen-bond donors (Lipinski definition) is 1. The summed E-state index contributed by atoms with van der Waals surface area (Å²) in [5.74, 6) is -1.39. The summed E-state index contributed by atoms with van der Waals surface area (Å²) < 4.78 is 24.9. The molecule has 0 bridgehead atoms. The van der Waals surface area contributed by atoms with Gasteiger partial charge in [-0.3, -0.25) is 0 Å². The second-order valence-electron chi connectivity index (χ2n) is 6.95. The molecule has 1 atom stereocenters. The number of rotatable bonds is 2. The highest BCUT2D eigenvalue weighted by molar-refractivity contribution is 5.86. The minimum Gasteiger partial charge on any atom is -0.439 e. The maximum absolute atomic E-state index is 13.9. The second kappa shape index (κ2) is 7.07. The van der Waals surface area contributed by atoms with Crippen LogP contribution in [0.25, 0.3) is 22.1 Å². The number of nitriles is 1. The van der Waals surface area contributed by atoms with Gasteiger partial charge in [-0.25, -0.2) is 19.2 Å². The first-order valence-corrected chi connectivity index (χ1v) is 9.26. The molecule has 0 aliphatic carbocycles. The van der Waals surface area contributed by atoms with E-state index in [0.29, 0.717) is 5.56 Å². The smallest absolute Gasteiger partial charge is 0.344 e. The average Bonchev–Trinajstić information content (AvgIpc) is 2.79. The number of allylic oxidation sites excluding steroid dienone is 1. The largest absolute Gasteiger partial charge is 0.439 e. The molecule has 0 amide bonds. The fourth-order valence-electron chi connectivity index (χ4n) is 3.74. The van der Waals surface area contributed by atoms with Crippen LogP contribution in [0.15, 0.2) is 81.9 Å². The third-order valence-electron chi connectivity index (χ3n) is 5.17. The van der Waals surface area contributed by atoms with Crippen LogP contribution >= 0.6 is 0 Å². The van der Waals surface area contributed by atoms with Gasteiger partial charge in [0, 0.05) is 18.0 Å². The molecule has 2 aromatic heterocycles. The maximum atomic E-state index is 13.9. The lowest BCUT2D eigenvalue weighted by Crippen LogP contribution is -2.26. The third-order valence-corrected chi connectivity index (χ3v) is 5.17. The maximum Gasteiger partial charge on any atom is 0.344 e. The highest BCUT2D eigenvalue weighted by atomic mass is 19.1. The molecule has 0 spiro atoms. The van der Waals surface area contributed by atoms with Gasteiger partial charge in [-0.05, 0) is 29.3 Å². The highest BCUT2D eigenvalue weighted by Crippen LogP contribution is 2.43. The fourth-order valence-corrected chi connectivity index (χ4v) is 3.74. The van der Waals surface area contributed by atoms with Crippen molar-refractivity contribution >= 4 is 11.0 Å². The summed E-state index contributed by atoms with van der Waals surface area (Å²) in [4.78, 5) is 20.9. The first-order valence-electron chi connectivity index (χ1n) is 9.26. The Morgan fingerprint density at radius 2 is 1.81 bits per heavy atom. The van der Waals surface area contributed by atoms with E-state index in [4.69, 9.17) is 14.9 Å². The Kier molecular flexibility index (Phi) is 4.22.